The largest absolute Gasteiger partial charge is 0.380 e. The molecule has 1 aromatic heterocycles. The van der Waals surface area contributed by atoms with Crippen LogP contribution in [0.1, 0.15) is 30.8 Å². The summed E-state index contributed by atoms with van der Waals surface area (Å²) in [7, 11) is 4.00. The van der Waals surface area contributed by atoms with Crippen LogP contribution in [0.15, 0.2) is 36.7 Å². The molecule has 2 aromatic rings. The lowest BCUT2D eigenvalue weighted by Gasteiger charge is -2.16. The zero-order chi connectivity index (χ0) is 13.8. The van der Waals surface area contributed by atoms with Gasteiger partial charge in [-0.05, 0) is 24.1 Å². The van der Waals surface area contributed by atoms with Gasteiger partial charge < -0.3 is 14.6 Å². The van der Waals surface area contributed by atoms with E-state index in [1.54, 1.807) is 6.20 Å². The SMILES string of the molecule is CCCn1ccnc1C(O)c1ccc(N(C)C)cc1. The van der Waals surface area contributed by atoms with Crippen LogP contribution >= 0.6 is 0 Å². The Bertz CT molecular complexity index is 516. The number of anilines is 1. The van der Waals surface area contributed by atoms with Crippen molar-refractivity contribution in [2.24, 2.45) is 0 Å². The normalized spacial score (nSPS) is 12.4. The fourth-order valence-electron chi connectivity index (χ4n) is 2.10. The second-order valence-electron chi connectivity index (χ2n) is 4.87. The molecule has 1 atom stereocenters. The molecule has 1 aromatic carbocycles. The van der Waals surface area contributed by atoms with Crippen LogP contribution in [0.3, 0.4) is 0 Å². The summed E-state index contributed by atoms with van der Waals surface area (Å²) in [4.78, 5) is 6.31. The van der Waals surface area contributed by atoms with Gasteiger partial charge in [0, 0.05) is 38.7 Å². The summed E-state index contributed by atoms with van der Waals surface area (Å²) >= 11 is 0. The maximum Gasteiger partial charge on any atom is 0.142 e. The Labute approximate surface area is 114 Å². The highest BCUT2D eigenvalue weighted by Gasteiger charge is 2.15. The van der Waals surface area contributed by atoms with E-state index in [0.29, 0.717) is 5.82 Å². The molecule has 1 heterocycles. The van der Waals surface area contributed by atoms with Crippen LogP contribution in [0.2, 0.25) is 0 Å². The molecule has 2 rings (SSSR count). The Hall–Kier alpha value is -1.81. The molecular weight excluding hydrogens is 238 g/mol. The second-order valence-corrected chi connectivity index (χ2v) is 4.87. The first-order chi connectivity index (χ1) is 9.13. The molecule has 0 aliphatic carbocycles. The lowest BCUT2D eigenvalue weighted by molar-refractivity contribution is 0.204. The van der Waals surface area contributed by atoms with E-state index in [0.717, 1.165) is 24.2 Å². The van der Waals surface area contributed by atoms with Crippen LogP contribution in [0.25, 0.3) is 0 Å². The maximum atomic E-state index is 10.4. The molecule has 4 heteroatoms. The number of rotatable bonds is 5. The summed E-state index contributed by atoms with van der Waals surface area (Å²) in [5.74, 6) is 0.708. The fraction of sp³-hybridized carbons (Fsp3) is 0.400. The van der Waals surface area contributed by atoms with Crippen molar-refractivity contribution in [1.82, 2.24) is 9.55 Å². The van der Waals surface area contributed by atoms with Crippen molar-refractivity contribution >= 4 is 5.69 Å². The molecule has 1 unspecified atom stereocenters. The zero-order valence-electron chi connectivity index (χ0n) is 11.7. The molecule has 0 amide bonds. The van der Waals surface area contributed by atoms with Gasteiger partial charge in [-0.25, -0.2) is 4.98 Å². The summed E-state index contributed by atoms with van der Waals surface area (Å²) < 4.78 is 2.00. The standard InChI is InChI=1S/C15H21N3O/c1-4-10-18-11-9-16-15(18)14(19)12-5-7-13(8-6-12)17(2)3/h5-9,11,14,19H,4,10H2,1-3H3. The third-order valence-corrected chi connectivity index (χ3v) is 3.18. The van der Waals surface area contributed by atoms with Gasteiger partial charge in [0.2, 0.25) is 0 Å². The van der Waals surface area contributed by atoms with E-state index in [4.69, 9.17) is 0 Å². The van der Waals surface area contributed by atoms with E-state index in [1.165, 1.54) is 0 Å². The Balaban J connectivity index is 2.23. The van der Waals surface area contributed by atoms with E-state index < -0.39 is 6.10 Å². The third-order valence-electron chi connectivity index (χ3n) is 3.18. The van der Waals surface area contributed by atoms with Crippen LogP contribution in [0, 0.1) is 0 Å². The van der Waals surface area contributed by atoms with E-state index >= 15 is 0 Å². The minimum absolute atomic E-state index is 0.669. The topological polar surface area (TPSA) is 41.3 Å². The number of benzene rings is 1. The van der Waals surface area contributed by atoms with Crippen molar-refractivity contribution < 1.29 is 5.11 Å². The van der Waals surface area contributed by atoms with Crippen LogP contribution in [-0.2, 0) is 6.54 Å². The maximum absolute atomic E-state index is 10.4. The summed E-state index contributed by atoms with van der Waals surface area (Å²) in [6.07, 6.45) is 4.01. The number of nitrogens with zero attached hydrogens (tertiary/aromatic N) is 3. The molecule has 1 N–H and O–H groups in total. The Morgan fingerprint density at radius 2 is 1.95 bits per heavy atom. The van der Waals surface area contributed by atoms with Gasteiger partial charge in [0.1, 0.15) is 11.9 Å². The van der Waals surface area contributed by atoms with Gasteiger partial charge in [0.05, 0.1) is 0 Å². The van der Waals surface area contributed by atoms with Gasteiger partial charge in [-0.3, -0.25) is 0 Å². The number of aliphatic hydroxyl groups excluding tert-OH is 1. The Morgan fingerprint density at radius 1 is 1.26 bits per heavy atom. The van der Waals surface area contributed by atoms with E-state index in [-0.39, 0.29) is 0 Å². The number of imidazole rings is 1. The van der Waals surface area contributed by atoms with Crippen molar-refractivity contribution in [2.45, 2.75) is 26.0 Å². The minimum Gasteiger partial charge on any atom is -0.380 e. The second kappa shape index (κ2) is 5.89. The van der Waals surface area contributed by atoms with Gasteiger partial charge in [0.25, 0.3) is 0 Å². The van der Waals surface area contributed by atoms with Gasteiger partial charge in [-0.2, -0.15) is 0 Å². The van der Waals surface area contributed by atoms with E-state index in [9.17, 15) is 5.11 Å². The van der Waals surface area contributed by atoms with Gasteiger partial charge in [-0.15, -0.1) is 0 Å². The molecule has 0 aliphatic heterocycles. The summed E-state index contributed by atoms with van der Waals surface area (Å²) in [5.41, 5.74) is 1.99. The first-order valence-corrected chi connectivity index (χ1v) is 6.60. The van der Waals surface area contributed by atoms with Crippen molar-refractivity contribution in [3.63, 3.8) is 0 Å². The molecule has 0 bridgehead atoms. The molecule has 0 saturated carbocycles. The molecule has 0 aliphatic rings. The fourth-order valence-corrected chi connectivity index (χ4v) is 2.10. The average molecular weight is 259 g/mol. The van der Waals surface area contributed by atoms with Gasteiger partial charge >= 0.3 is 0 Å². The summed E-state index contributed by atoms with van der Waals surface area (Å²) in [5, 5.41) is 10.4. The monoisotopic (exact) mass is 259 g/mol. The highest BCUT2D eigenvalue weighted by atomic mass is 16.3. The molecule has 4 nitrogen and oxygen atoms in total. The number of hydrogen-bond donors (Lipinski definition) is 1. The van der Waals surface area contributed by atoms with Crippen LogP contribution in [0.4, 0.5) is 5.69 Å². The zero-order valence-corrected chi connectivity index (χ0v) is 11.7. The number of aryl methyl sites for hydroxylation is 1. The van der Waals surface area contributed by atoms with E-state index in [1.807, 2.05) is 54.0 Å². The molecule has 0 fully saturated rings. The quantitative estimate of drug-likeness (QED) is 0.896. The predicted octanol–water partition coefficient (Wildman–Crippen LogP) is 2.44. The molecule has 102 valence electrons. The van der Waals surface area contributed by atoms with Crippen molar-refractivity contribution in [3.05, 3.63) is 48.0 Å². The molecule has 19 heavy (non-hydrogen) atoms. The lowest BCUT2D eigenvalue weighted by atomic mass is 10.1. The smallest absolute Gasteiger partial charge is 0.142 e. The Kier molecular flexibility index (Phi) is 4.22. The van der Waals surface area contributed by atoms with E-state index in [2.05, 4.69) is 11.9 Å². The van der Waals surface area contributed by atoms with Gasteiger partial charge in [-0.1, -0.05) is 19.1 Å². The molecule has 0 saturated heterocycles. The highest BCUT2D eigenvalue weighted by molar-refractivity contribution is 5.46. The molecule has 0 spiro atoms. The average Bonchev–Trinajstić information content (AvgIpc) is 2.87. The number of aliphatic hydroxyl groups is 1. The van der Waals surface area contributed by atoms with Crippen molar-refractivity contribution in [2.75, 3.05) is 19.0 Å². The number of aromatic nitrogens is 2. The van der Waals surface area contributed by atoms with Crippen LogP contribution < -0.4 is 4.90 Å². The summed E-state index contributed by atoms with van der Waals surface area (Å²) in [6.45, 7) is 2.99. The Morgan fingerprint density at radius 3 is 2.53 bits per heavy atom. The minimum atomic E-state index is -0.669. The summed E-state index contributed by atoms with van der Waals surface area (Å²) in [6, 6.07) is 7.91. The van der Waals surface area contributed by atoms with Crippen LogP contribution in [-0.4, -0.2) is 28.8 Å². The predicted molar refractivity (Wildman–Crippen MR) is 77.3 cm³/mol. The van der Waals surface area contributed by atoms with Gasteiger partial charge in [0.15, 0.2) is 0 Å². The van der Waals surface area contributed by atoms with Crippen LogP contribution in [0.5, 0.6) is 0 Å². The molecular formula is C15H21N3O. The third kappa shape index (κ3) is 2.96. The highest BCUT2D eigenvalue weighted by Crippen LogP contribution is 2.23. The molecule has 0 radical (unpaired) electrons. The first-order valence-electron chi connectivity index (χ1n) is 6.60. The number of hydrogen-bond acceptors (Lipinski definition) is 3. The van der Waals surface area contributed by atoms with Crippen molar-refractivity contribution in [1.29, 1.82) is 0 Å². The van der Waals surface area contributed by atoms with Crippen molar-refractivity contribution in [3.8, 4) is 0 Å². The lowest BCUT2D eigenvalue weighted by Crippen LogP contribution is -2.11. The first kappa shape index (κ1) is 13.6.